The predicted octanol–water partition coefficient (Wildman–Crippen LogP) is 2.23. The van der Waals surface area contributed by atoms with Gasteiger partial charge in [-0.05, 0) is 32.1 Å². The summed E-state index contributed by atoms with van der Waals surface area (Å²) >= 11 is 0. The Morgan fingerprint density at radius 1 is 1.12 bits per heavy atom. The fourth-order valence-electron chi connectivity index (χ4n) is 4.11. The molecule has 2 fully saturated rings. The molecule has 0 N–H and O–H groups in total. The molecule has 6 nitrogen and oxygen atoms in total. The molecule has 2 amide bonds. The number of hydrogen-bond acceptors (Lipinski definition) is 4. The first-order chi connectivity index (χ1) is 12.1. The lowest BCUT2D eigenvalue weighted by Crippen LogP contribution is -2.44. The lowest BCUT2D eigenvalue weighted by atomic mass is 9.83. The molecule has 4 rings (SSSR count). The number of aromatic nitrogens is 2. The molecule has 134 valence electrons. The Bertz CT molecular complexity index is 686. The zero-order valence-corrected chi connectivity index (χ0v) is 14.9. The Morgan fingerprint density at radius 2 is 1.96 bits per heavy atom. The van der Waals surface area contributed by atoms with Gasteiger partial charge < -0.3 is 9.80 Å². The summed E-state index contributed by atoms with van der Waals surface area (Å²) in [5.74, 6) is 1.42. The number of amides is 2. The maximum atomic E-state index is 12.8. The van der Waals surface area contributed by atoms with Gasteiger partial charge in [-0.25, -0.2) is 9.97 Å². The molecule has 1 aliphatic carbocycles. The van der Waals surface area contributed by atoms with Gasteiger partial charge in [-0.1, -0.05) is 6.42 Å². The molecular weight excluding hydrogens is 316 g/mol. The minimum absolute atomic E-state index is 0.0259. The highest BCUT2D eigenvalue weighted by Crippen LogP contribution is 2.35. The second-order valence-corrected chi connectivity index (χ2v) is 7.56. The predicted molar refractivity (Wildman–Crippen MR) is 92.5 cm³/mol. The summed E-state index contributed by atoms with van der Waals surface area (Å²) in [6.45, 7) is 3.75. The summed E-state index contributed by atoms with van der Waals surface area (Å²) in [6.07, 6.45) is 9.04. The van der Waals surface area contributed by atoms with Gasteiger partial charge in [0.05, 0.1) is 11.7 Å². The molecule has 1 aromatic heterocycles. The first-order valence-electron chi connectivity index (χ1n) is 9.54. The summed E-state index contributed by atoms with van der Waals surface area (Å²) < 4.78 is 0. The number of piperidine rings is 1. The topological polar surface area (TPSA) is 66.4 Å². The highest BCUT2D eigenvalue weighted by molar-refractivity contribution is 5.80. The van der Waals surface area contributed by atoms with Crippen molar-refractivity contribution in [3.63, 3.8) is 0 Å². The third-order valence-corrected chi connectivity index (χ3v) is 5.94. The van der Waals surface area contributed by atoms with E-state index in [4.69, 9.17) is 4.98 Å². The van der Waals surface area contributed by atoms with E-state index in [0.717, 1.165) is 62.2 Å². The summed E-state index contributed by atoms with van der Waals surface area (Å²) in [7, 11) is 0. The fourth-order valence-corrected chi connectivity index (χ4v) is 4.11. The monoisotopic (exact) mass is 342 g/mol. The van der Waals surface area contributed by atoms with Gasteiger partial charge >= 0.3 is 0 Å². The van der Waals surface area contributed by atoms with Crippen LogP contribution in [0.1, 0.15) is 68.6 Å². The second kappa shape index (κ2) is 6.73. The van der Waals surface area contributed by atoms with Crippen LogP contribution >= 0.6 is 0 Å². The number of nitrogens with zero attached hydrogens (tertiary/aromatic N) is 4. The van der Waals surface area contributed by atoms with E-state index >= 15 is 0 Å². The molecule has 0 radical (unpaired) electrons. The molecule has 1 unspecified atom stereocenters. The fraction of sp³-hybridized carbons (Fsp3) is 0.684. The van der Waals surface area contributed by atoms with Crippen molar-refractivity contribution in [3.05, 3.63) is 23.3 Å². The first kappa shape index (κ1) is 16.5. The van der Waals surface area contributed by atoms with Crippen LogP contribution in [0.2, 0.25) is 0 Å². The normalized spacial score (nSPS) is 23.8. The van der Waals surface area contributed by atoms with Crippen LogP contribution in [-0.2, 0) is 22.6 Å². The minimum Gasteiger partial charge on any atom is -0.338 e. The molecule has 0 spiro atoms. The van der Waals surface area contributed by atoms with E-state index in [9.17, 15) is 9.59 Å². The SMILES string of the molecule is CC(=O)N1CCc2nc(C3CCCCN3C(=O)C3CCC3)ncc2C1. The molecule has 3 heterocycles. The molecule has 2 aliphatic heterocycles. The van der Waals surface area contributed by atoms with Gasteiger partial charge in [0, 0.05) is 50.7 Å². The average Bonchev–Trinajstić information content (AvgIpc) is 2.59. The van der Waals surface area contributed by atoms with Crippen LogP contribution in [0.15, 0.2) is 6.20 Å². The Balaban J connectivity index is 1.55. The summed E-state index contributed by atoms with van der Waals surface area (Å²) in [4.78, 5) is 37.7. The number of likely N-dealkylation sites (tertiary alicyclic amines) is 1. The minimum atomic E-state index is 0.0259. The van der Waals surface area contributed by atoms with Gasteiger partial charge in [0.2, 0.25) is 11.8 Å². The third kappa shape index (κ3) is 3.14. The maximum Gasteiger partial charge on any atom is 0.226 e. The van der Waals surface area contributed by atoms with E-state index < -0.39 is 0 Å². The van der Waals surface area contributed by atoms with Crippen molar-refractivity contribution in [2.24, 2.45) is 5.92 Å². The van der Waals surface area contributed by atoms with E-state index in [0.29, 0.717) is 19.0 Å². The van der Waals surface area contributed by atoms with Crippen LogP contribution in [0.3, 0.4) is 0 Å². The van der Waals surface area contributed by atoms with E-state index in [1.54, 1.807) is 6.92 Å². The molecular formula is C19H26N4O2. The Labute approximate surface area is 148 Å². The molecule has 25 heavy (non-hydrogen) atoms. The molecule has 1 saturated heterocycles. The molecule has 1 aromatic rings. The van der Waals surface area contributed by atoms with Gasteiger partial charge in [0.1, 0.15) is 0 Å². The van der Waals surface area contributed by atoms with E-state index in [1.807, 2.05) is 16.0 Å². The van der Waals surface area contributed by atoms with Crippen molar-refractivity contribution >= 4 is 11.8 Å². The molecule has 1 saturated carbocycles. The van der Waals surface area contributed by atoms with Crippen molar-refractivity contribution in [2.45, 2.75) is 64.5 Å². The zero-order valence-electron chi connectivity index (χ0n) is 14.9. The van der Waals surface area contributed by atoms with Crippen molar-refractivity contribution in [2.75, 3.05) is 13.1 Å². The van der Waals surface area contributed by atoms with E-state index in [2.05, 4.69) is 4.98 Å². The van der Waals surface area contributed by atoms with Gasteiger partial charge in [0.25, 0.3) is 0 Å². The number of carbonyl (C=O) groups is 2. The quantitative estimate of drug-likeness (QED) is 0.827. The number of carbonyl (C=O) groups excluding carboxylic acids is 2. The smallest absolute Gasteiger partial charge is 0.226 e. The molecule has 0 bridgehead atoms. The van der Waals surface area contributed by atoms with Crippen molar-refractivity contribution in [1.82, 2.24) is 19.8 Å². The Kier molecular flexibility index (Phi) is 4.44. The molecule has 1 atom stereocenters. The average molecular weight is 342 g/mol. The van der Waals surface area contributed by atoms with Crippen molar-refractivity contribution < 1.29 is 9.59 Å². The van der Waals surface area contributed by atoms with Crippen LogP contribution in [-0.4, -0.2) is 44.7 Å². The van der Waals surface area contributed by atoms with Crippen LogP contribution < -0.4 is 0 Å². The van der Waals surface area contributed by atoms with Gasteiger partial charge in [-0.15, -0.1) is 0 Å². The van der Waals surface area contributed by atoms with Crippen molar-refractivity contribution in [1.29, 1.82) is 0 Å². The molecule has 0 aromatic carbocycles. The Hall–Kier alpha value is -1.98. The van der Waals surface area contributed by atoms with Gasteiger partial charge in [-0.3, -0.25) is 9.59 Å². The summed E-state index contributed by atoms with van der Waals surface area (Å²) in [5, 5.41) is 0. The van der Waals surface area contributed by atoms with E-state index in [-0.39, 0.29) is 17.9 Å². The van der Waals surface area contributed by atoms with Gasteiger partial charge in [-0.2, -0.15) is 0 Å². The van der Waals surface area contributed by atoms with Gasteiger partial charge in [0.15, 0.2) is 5.82 Å². The zero-order chi connectivity index (χ0) is 17.4. The maximum absolute atomic E-state index is 12.8. The summed E-state index contributed by atoms with van der Waals surface area (Å²) in [5.41, 5.74) is 2.09. The highest BCUT2D eigenvalue weighted by Gasteiger charge is 2.36. The first-order valence-corrected chi connectivity index (χ1v) is 9.54. The van der Waals surface area contributed by atoms with E-state index in [1.165, 1.54) is 6.42 Å². The third-order valence-electron chi connectivity index (χ3n) is 5.94. The molecule has 6 heteroatoms. The van der Waals surface area contributed by atoms with Crippen LogP contribution in [0.5, 0.6) is 0 Å². The standard InChI is InChI=1S/C19H26N4O2/c1-13(24)22-10-8-16-15(12-22)11-20-18(21-16)17-7-2-3-9-23(17)19(25)14-5-4-6-14/h11,14,17H,2-10,12H2,1H3. The lowest BCUT2D eigenvalue weighted by molar-refractivity contribution is -0.142. The number of rotatable bonds is 2. The van der Waals surface area contributed by atoms with Crippen molar-refractivity contribution in [3.8, 4) is 0 Å². The van der Waals surface area contributed by atoms with Crippen LogP contribution in [0.25, 0.3) is 0 Å². The highest BCUT2D eigenvalue weighted by atomic mass is 16.2. The van der Waals surface area contributed by atoms with Crippen LogP contribution in [0.4, 0.5) is 0 Å². The summed E-state index contributed by atoms with van der Waals surface area (Å²) in [6, 6.07) is 0.0259. The number of fused-ring (bicyclic) bond motifs is 1. The number of hydrogen-bond donors (Lipinski definition) is 0. The largest absolute Gasteiger partial charge is 0.338 e. The Morgan fingerprint density at radius 3 is 2.68 bits per heavy atom. The molecule has 3 aliphatic rings. The second-order valence-electron chi connectivity index (χ2n) is 7.56. The van der Waals surface area contributed by atoms with Crippen LogP contribution in [0, 0.1) is 5.92 Å². The lowest BCUT2D eigenvalue weighted by Gasteiger charge is -2.39.